The summed E-state index contributed by atoms with van der Waals surface area (Å²) in [5.74, 6) is -0.606. The Kier molecular flexibility index (Phi) is 4.55. The van der Waals surface area contributed by atoms with Gasteiger partial charge >= 0.3 is 22.0 Å². The van der Waals surface area contributed by atoms with Crippen molar-refractivity contribution in [2.45, 2.75) is 18.0 Å². The predicted molar refractivity (Wildman–Crippen MR) is 80.9 cm³/mol. The number of halogens is 3. The summed E-state index contributed by atoms with van der Waals surface area (Å²) in [5.41, 5.74) is -3.18. The van der Waals surface area contributed by atoms with Crippen LogP contribution in [-0.4, -0.2) is 17.6 Å². The van der Waals surface area contributed by atoms with E-state index in [1.165, 1.54) is 14.0 Å². The van der Waals surface area contributed by atoms with E-state index >= 15 is 0 Å². The summed E-state index contributed by atoms with van der Waals surface area (Å²) in [5, 5.41) is 0. The lowest BCUT2D eigenvalue weighted by molar-refractivity contribution is -0.137. The molecule has 11 heteroatoms. The first kappa shape index (κ1) is 18.8. The molecule has 0 aliphatic rings. The van der Waals surface area contributed by atoms with Crippen LogP contribution in [0, 0.1) is 6.92 Å². The van der Waals surface area contributed by atoms with Gasteiger partial charge in [0.2, 0.25) is 0 Å². The van der Waals surface area contributed by atoms with Crippen LogP contribution in [0.5, 0.6) is 5.75 Å². The van der Waals surface area contributed by atoms with E-state index in [2.05, 4.69) is 4.18 Å². The Morgan fingerprint density at radius 1 is 1.08 bits per heavy atom. The molecular weight excluding hydrogens is 365 g/mol. The average molecular weight is 378 g/mol. The van der Waals surface area contributed by atoms with E-state index in [9.17, 15) is 31.2 Å². The summed E-state index contributed by atoms with van der Waals surface area (Å²) in [7, 11) is -2.43. The zero-order valence-electron chi connectivity index (χ0n) is 13.3. The van der Waals surface area contributed by atoms with Crippen LogP contribution in [-0.2, 0) is 30.4 Å². The Hall–Kier alpha value is -2.56. The van der Waals surface area contributed by atoms with Crippen molar-refractivity contribution in [1.82, 2.24) is 9.13 Å². The van der Waals surface area contributed by atoms with E-state index in [-0.39, 0.29) is 5.69 Å². The molecule has 1 aromatic heterocycles. The molecule has 0 saturated heterocycles. The van der Waals surface area contributed by atoms with E-state index in [1.54, 1.807) is 0 Å². The highest BCUT2D eigenvalue weighted by molar-refractivity contribution is 7.87. The van der Waals surface area contributed by atoms with Gasteiger partial charge in [0.25, 0.3) is 5.56 Å². The molecular formula is C14H13F3N2O5S. The molecule has 0 saturated carbocycles. The number of alkyl halides is 3. The smallest absolute Gasteiger partial charge is 0.379 e. The summed E-state index contributed by atoms with van der Waals surface area (Å²) in [6, 6.07) is 3.23. The third-order valence-electron chi connectivity index (χ3n) is 3.52. The van der Waals surface area contributed by atoms with Gasteiger partial charge < -0.3 is 4.18 Å². The van der Waals surface area contributed by atoms with Crippen LogP contribution in [0.3, 0.4) is 0 Å². The van der Waals surface area contributed by atoms with Crippen LogP contribution in [0.1, 0.15) is 11.3 Å². The van der Waals surface area contributed by atoms with Crippen molar-refractivity contribution in [3.8, 4) is 5.75 Å². The minimum atomic E-state index is -4.76. The summed E-state index contributed by atoms with van der Waals surface area (Å²) in [6.45, 7) is 1.21. The van der Waals surface area contributed by atoms with E-state index < -0.39 is 43.8 Å². The zero-order valence-corrected chi connectivity index (χ0v) is 14.1. The lowest BCUT2D eigenvalue weighted by atomic mass is 10.2. The normalized spacial score (nSPS) is 12.2. The molecule has 0 bridgehead atoms. The number of hydrogen-bond donors (Lipinski definition) is 0. The number of nitrogens with zero attached hydrogens (tertiary/aromatic N) is 2. The second-order valence-corrected chi connectivity index (χ2v) is 6.67. The molecule has 136 valence electrons. The number of hydrogen-bond acceptors (Lipinski definition) is 5. The van der Waals surface area contributed by atoms with Gasteiger partial charge in [-0.2, -0.15) is 21.6 Å². The molecule has 0 amide bonds. The first-order valence-electron chi connectivity index (χ1n) is 6.74. The maximum absolute atomic E-state index is 12.7. The second kappa shape index (κ2) is 6.06. The minimum Gasteiger partial charge on any atom is -0.379 e. The van der Waals surface area contributed by atoms with Crippen LogP contribution in [0.25, 0.3) is 0 Å². The van der Waals surface area contributed by atoms with E-state index in [0.717, 1.165) is 29.8 Å². The fourth-order valence-electron chi connectivity index (χ4n) is 2.10. The summed E-state index contributed by atoms with van der Waals surface area (Å²) >= 11 is 0. The van der Waals surface area contributed by atoms with Gasteiger partial charge in [0.1, 0.15) is 5.75 Å². The Balaban J connectivity index is 2.60. The van der Waals surface area contributed by atoms with Gasteiger partial charge in [0.05, 0.1) is 5.56 Å². The van der Waals surface area contributed by atoms with Gasteiger partial charge in [-0.1, -0.05) is 6.07 Å². The molecule has 0 radical (unpaired) electrons. The van der Waals surface area contributed by atoms with Crippen molar-refractivity contribution in [2.75, 3.05) is 0 Å². The van der Waals surface area contributed by atoms with E-state index in [1.807, 2.05) is 0 Å². The van der Waals surface area contributed by atoms with Crippen LogP contribution < -0.4 is 15.4 Å². The van der Waals surface area contributed by atoms with Crippen LogP contribution >= 0.6 is 0 Å². The second-order valence-electron chi connectivity index (χ2n) is 5.18. The first-order valence-corrected chi connectivity index (χ1v) is 8.15. The van der Waals surface area contributed by atoms with Crippen LogP contribution in [0.2, 0.25) is 0 Å². The summed E-state index contributed by atoms with van der Waals surface area (Å²) in [6.07, 6.45) is -4.69. The number of benzene rings is 1. The fourth-order valence-corrected chi connectivity index (χ4v) is 3.39. The lowest BCUT2D eigenvalue weighted by Crippen LogP contribution is -2.41. The third kappa shape index (κ3) is 3.45. The Morgan fingerprint density at radius 3 is 2.24 bits per heavy atom. The number of rotatable bonds is 3. The molecule has 0 N–H and O–H groups in total. The molecule has 1 aromatic carbocycles. The van der Waals surface area contributed by atoms with Gasteiger partial charge in [0, 0.05) is 19.8 Å². The van der Waals surface area contributed by atoms with Gasteiger partial charge in [-0.15, -0.1) is 0 Å². The maximum atomic E-state index is 12.7. The Morgan fingerprint density at radius 2 is 1.68 bits per heavy atom. The highest BCUT2D eigenvalue weighted by Gasteiger charge is 2.32. The number of aromatic nitrogens is 2. The molecule has 2 aromatic rings. The molecule has 0 spiro atoms. The van der Waals surface area contributed by atoms with Crippen LogP contribution in [0.4, 0.5) is 13.2 Å². The van der Waals surface area contributed by atoms with Crippen molar-refractivity contribution in [2.24, 2.45) is 14.1 Å². The average Bonchev–Trinajstić information content (AvgIpc) is 2.50. The molecule has 0 atom stereocenters. The molecule has 0 unspecified atom stereocenters. The van der Waals surface area contributed by atoms with E-state index in [0.29, 0.717) is 10.6 Å². The molecule has 0 aliphatic heterocycles. The van der Waals surface area contributed by atoms with Crippen molar-refractivity contribution in [1.29, 1.82) is 0 Å². The third-order valence-corrected chi connectivity index (χ3v) is 4.90. The van der Waals surface area contributed by atoms with E-state index in [4.69, 9.17) is 0 Å². The monoisotopic (exact) mass is 378 g/mol. The van der Waals surface area contributed by atoms with Crippen molar-refractivity contribution in [3.63, 3.8) is 0 Å². The van der Waals surface area contributed by atoms with Crippen molar-refractivity contribution < 1.29 is 25.8 Å². The zero-order chi connectivity index (χ0) is 19.2. The predicted octanol–water partition coefficient (Wildman–Crippen LogP) is 1.18. The van der Waals surface area contributed by atoms with Gasteiger partial charge in [-0.05, 0) is 25.1 Å². The molecule has 2 rings (SSSR count). The Labute approximate surface area is 140 Å². The topological polar surface area (TPSA) is 87.4 Å². The maximum Gasteiger partial charge on any atom is 0.416 e. The quantitative estimate of drug-likeness (QED) is 0.749. The largest absolute Gasteiger partial charge is 0.416 e. The SMILES string of the molecule is Cc1c(S(=O)(=O)Oc2cccc(C(F)(F)F)c2)c(=O)n(C)c(=O)n1C. The molecule has 25 heavy (non-hydrogen) atoms. The molecule has 7 nitrogen and oxygen atoms in total. The van der Waals surface area contributed by atoms with Crippen molar-refractivity contribution in [3.05, 3.63) is 56.4 Å². The lowest BCUT2D eigenvalue weighted by Gasteiger charge is -2.13. The molecule has 0 fully saturated rings. The van der Waals surface area contributed by atoms with Crippen LogP contribution in [0.15, 0.2) is 38.8 Å². The minimum absolute atomic E-state index is 0.194. The van der Waals surface area contributed by atoms with Gasteiger partial charge in [-0.25, -0.2) is 4.79 Å². The van der Waals surface area contributed by atoms with Crippen molar-refractivity contribution >= 4 is 10.1 Å². The molecule has 1 heterocycles. The van der Waals surface area contributed by atoms with Gasteiger partial charge in [0.15, 0.2) is 4.90 Å². The fraction of sp³-hybridized carbons (Fsp3) is 0.286. The standard InChI is InChI=1S/C14H13F3N2O5S/c1-8-11(12(20)19(3)13(21)18(8)2)25(22,23)24-10-6-4-5-9(7-10)14(15,16)17/h4-7H,1-3H3. The Bertz CT molecular complexity index is 1050. The van der Waals surface area contributed by atoms with Gasteiger partial charge in [-0.3, -0.25) is 13.9 Å². The molecule has 0 aliphatic carbocycles. The summed E-state index contributed by atoms with van der Waals surface area (Å²) in [4.78, 5) is 23.1. The summed E-state index contributed by atoms with van der Waals surface area (Å²) < 4.78 is 69.1. The first-order chi connectivity index (χ1) is 11.4. The highest BCUT2D eigenvalue weighted by Crippen LogP contribution is 2.32. The highest BCUT2D eigenvalue weighted by atomic mass is 32.2.